The van der Waals surface area contributed by atoms with E-state index in [0.29, 0.717) is 12.3 Å². The van der Waals surface area contributed by atoms with Crippen molar-refractivity contribution in [2.45, 2.75) is 34.6 Å². The lowest BCUT2D eigenvalue weighted by molar-refractivity contribution is 0.362. The van der Waals surface area contributed by atoms with Gasteiger partial charge in [-0.15, -0.1) is 0 Å². The molecule has 0 radical (unpaired) electrons. The van der Waals surface area contributed by atoms with E-state index in [2.05, 4.69) is 26.5 Å². The van der Waals surface area contributed by atoms with E-state index in [0.717, 1.165) is 11.3 Å². The molecule has 0 aliphatic rings. The van der Waals surface area contributed by atoms with Crippen LogP contribution >= 0.6 is 0 Å². The fraction of sp³-hybridized carbons (Fsp3) is 0.333. The molecule has 0 saturated carbocycles. The summed E-state index contributed by atoms with van der Waals surface area (Å²) < 4.78 is 5.63. The SMILES string of the molecule is C=C/C(N)=C(C)\C=C/COc1ccc(C)c(C)c1.CC. The first-order valence-electron chi connectivity index (χ1n) is 7.00. The third-order valence-corrected chi connectivity index (χ3v) is 2.87. The van der Waals surface area contributed by atoms with Gasteiger partial charge >= 0.3 is 0 Å². The fourth-order valence-corrected chi connectivity index (χ4v) is 1.43. The van der Waals surface area contributed by atoms with Crippen LogP contribution in [0.25, 0.3) is 0 Å². The van der Waals surface area contributed by atoms with Crippen LogP contribution in [0.15, 0.2) is 54.3 Å². The molecule has 0 atom stereocenters. The molecule has 1 aromatic rings. The number of hydrogen-bond acceptors (Lipinski definition) is 2. The van der Waals surface area contributed by atoms with Crippen LogP contribution < -0.4 is 10.5 Å². The van der Waals surface area contributed by atoms with Crippen LogP contribution in [0.3, 0.4) is 0 Å². The second kappa shape index (κ2) is 9.90. The van der Waals surface area contributed by atoms with Crippen molar-refractivity contribution in [2.24, 2.45) is 5.73 Å². The van der Waals surface area contributed by atoms with Gasteiger partial charge in [-0.05, 0) is 61.8 Å². The normalized spacial score (nSPS) is 11.4. The molecule has 2 N–H and O–H groups in total. The Hall–Kier alpha value is -1.96. The number of benzene rings is 1. The summed E-state index contributed by atoms with van der Waals surface area (Å²) in [6.07, 6.45) is 5.53. The summed E-state index contributed by atoms with van der Waals surface area (Å²) in [5, 5.41) is 0. The molecular formula is C18H27NO. The highest BCUT2D eigenvalue weighted by atomic mass is 16.5. The molecule has 0 aromatic heterocycles. The number of rotatable bonds is 5. The predicted molar refractivity (Wildman–Crippen MR) is 89.0 cm³/mol. The zero-order valence-electron chi connectivity index (χ0n) is 13.4. The molecule has 0 fully saturated rings. The van der Waals surface area contributed by atoms with Crippen LogP contribution in [-0.4, -0.2) is 6.61 Å². The number of hydrogen-bond donors (Lipinski definition) is 1. The fourth-order valence-electron chi connectivity index (χ4n) is 1.43. The number of nitrogens with two attached hydrogens (primary N) is 1. The van der Waals surface area contributed by atoms with Crippen LogP contribution in [0.1, 0.15) is 31.9 Å². The van der Waals surface area contributed by atoms with Gasteiger partial charge < -0.3 is 10.5 Å². The maximum Gasteiger partial charge on any atom is 0.120 e. The summed E-state index contributed by atoms with van der Waals surface area (Å²) in [5.41, 5.74) is 9.91. The van der Waals surface area contributed by atoms with Crippen molar-refractivity contribution >= 4 is 0 Å². The molecule has 110 valence electrons. The Kier molecular flexibility index (Phi) is 8.93. The van der Waals surface area contributed by atoms with E-state index in [1.165, 1.54) is 11.1 Å². The molecule has 0 amide bonds. The van der Waals surface area contributed by atoms with Crippen LogP contribution in [-0.2, 0) is 0 Å². The molecule has 0 saturated heterocycles. The third-order valence-electron chi connectivity index (χ3n) is 2.87. The molecule has 0 spiro atoms. The Morgan fingerprint density at radius 2 is 1.90 bits per heavy atom. The first kappa shape index (κ1) is 18.0. The van der Waals surface area contributed by atoms with Gasteiger partial charge in [-0.25, -0.2) is 0 Å². The Morgan fingerprint density at radius 3 is 2.45 bits per heavy atom. The number of allylic oxidation sites excluding steroid dienone is 3. The maximum atomic E-state index is 5.72. The zero-order chi connectivity index (χ0) is 15.5. The molecule has 0 bridgehead atoms. The third kappa shape index (κ3) is 6.28. The molecule has 1 rings (SSSR count). The first-order valence-corrected chi connectivity index (χ1v) is 7.00. The van der Waals surface area contributed by atoms with Crippen LogP contribution in [0.5, 0.6) is 5.75 Å². The Morgan fingerprint density at radius 1 is 1.25 bits per heavy atom. The van der Waals surface area contributed by atoms with Crippen molar-refractivity contribution in [3.8, 4) is 5.75 Å². The van der Waals surface area contributed by atoms with E-state index >= 15 is 0 Å². The summed E-state index contributed by atoms with van der Waals surface area (Å²) in [7, 11) is 0. The zero-order valence-corrected chi connectivity index (χ0v) is 13.4. The largest absolute Gasteiger partial charge is 0.490 e. The standard InChI is InChI=1S/C16H21NO.C2H6/c1-5-16(17)13(3)7-6-10-18-15-9-8-12(2)14(4)11-15;1-2/h5-9,11H,1,10,17H2,2-4H3;1-2H3/b7-6-,16-13+;. The Bertz CT molecular complexity index is 484. The van der Waals surface area contributed by atoms with Crippen molar-refractivity contribution in [1.29, 1.82) is 0 Å². The lowest BCUT2D eigenvalue weighted by atomic mass is 10.1. The van der Waals surface area contributed by atoms with Gasteiger partial charge in [0.05, 0.1) is 0 Å². The number of aryl methyl sites for hydroxylation is 2. The first-order chi connectivity index (χ1) is 9.54. The van der Waals surface area contributed by atoms with Crippen LogP contribution in [0.2, 0.25) is 0 Å². The molecule has 0 aliphatic carbocycles. The summed E-state index contributed by atoms with van der Waals surface area (Å²) >= 11 is 0. The average molecular weight is 273 g/mol. The summed E-state index contributed by atoms with van der Waals surface area (Å²) in [4.78, 5) is 0. The molecule has 0 heterocycles. The van der Waals surface area contributed by atoms with Gasteiger partial charge in [0.1, 0.15) is 12.4 Å². The lowest BCUT2D eigenvalue weighted by Crippen LogP contribution is -1.97. The quantitative estimate of drug-likeness (QED) is 0.790. The molecule has 20 heavy (non-hydrogen) atoms. The second-order valence-electron chi connectivity index (χ2n) is 4.30. The van der Waals surface area contributed by atoms with Gasteiger partial charge in [0, 0.05) is 5.70 Å². The highest BCUT2D eigenvalue weighted by Crippen LogP contribution is 2.16. The number of ether oxygens (including phenoxy) is 1. The molecule has 2 heteroatoms. The predicted octanol–water partition coefficient (Wildman–Crippen LogP) is 4.68. The van der Waals surface area contributed by atoms with Gasteiger partial charge in [-0.2, -0.15) is 0 Å². The van der Waals surface area contributed by atoms with E-state index in [4.69, 9.17) is 10.5 Å². The monoisotopic (exact) mass is 273 g/mol. The Labute approximate surface area is 123 Å². The van der Waals surface area contributed by atoms with E-state index in [-0.39, 0.29) is 0 Å². The van der Waals surface area contributed by atoms with Gasteiger partial charge in [0.15, 0.2) is 0 Å². The highest BCUT2D eigenvalue weighted by molar-refractivity contribution is 5.34. The molecule has 0 aliphatic heterocycles. The summed E-state index contributed by atoms with van der Waals surface area (Å²) in [6, 6.07) is 6.09. The maximum absolute atomic E-state index is 5.72. The molecule has 2 nitrogen and oxygen atoms in total. The molecule has 0 unspecified atom stereocenters. The molecule has 1 aromatic carbocycles. The van der Waals surface area contributed by atoms with Gasteiger partial charge in [0.2, 0.25) is 0 Å². The van der Waals surface area contributed by atoms with Crippen molar-refractivity contribution in [3.63, 3.8) is 0 Å². The topological polar surface area (TPSA) is 35.2 Å². The van der Waals surface area contributed by atoms with E-state index < -0.39 is 0 Å². The second-order valence-corrected chi connectivity index (χ2v) is 4.30. The van der Waals surface area contributed by atoms with E-state index in [1.807, 2.05) is 45.1 Å². The average Bonchev–Trinajstić information content (AvgIpc) is 2.48. The highest BCUT2D eigenvalue weighted by Gasteiger charge is 1.95. The smallest absolute Gasteiger partial charge is 0.120 e. The summed E-state index contributed by atoms with van der Waals surface area (Å²) in [6.45, 7) is 14.3. The minimum Gasteiger partial charge on any atom is -0.490 e. The van der Waals surface area contributed by atoms with Crippen LogP contribution in [0, 0.1) is 13.8 Å². The van der Waals surface area contributed by atoms with Crippen molar-refractivity contribution in [3.05, 3.63) is 65.4 Å². The van der Waals surface area contributed by atoms with E-state index in [1.54, 1.807) is 6.08 Å². The molecular weight excluding hydrogens is 246 g/mol. The van der Waals surface area contributed by atoms with E-state index in [9.17, 15) is 0 Å². The van der Waals surface area contributed by atoms with Crippen LogP contribution in [0.4, 0.5) is 0 Å². The summed E-state index contributed by atoms with van der Waals surface area (Å²) in [5.74, 6) is 0.890. The van der Waals surface area contributed by atoms with Gasteiger partial charge in [-0.1, -0.05) is 32.6 Å². The van der Waals surface area contributed by atoms with Crippen molar-refractivity contribution in [1.82, 2.24) is 0 Å². The lowest BCUT2D eigenvalue weighted by Gasteiger charge is -2.06. The van der Waals surface area contributed by atoms with Crippen molar-refractivity contribution in [2.75, 3.05) is 6.61 Å². The minimum absolute atomic E-state index is 0.532. The van der Waals surface area contributed by atoms with Gasteiger partial charge in [0.25, 0.3) is 0 Å². The van der Waals surface area contributed by atoms with Gasteiger partial charge in [-0.3, -0.25) is 0 Å². The minimum atomic E-state index is 0.532. The van der Waals surface area contributed by atoms with Crippen molar-refractivity contribution < 1.29 is 4.74 Å². The Balaban J connectivity index is 0.00000172.